The lowest BCUT2D eigenvalue weighted by molar-refractivity contribution is -0.385. The van der Waals surface area contributed by atoms with Crippen molar-refractivity contribution < 1.29 is 45.2 Å². The largest absolute Gasteiger partial charge is 0.573 e. The van der Waals surface area contributed by atoms with Crippen molar-refractivity contribution in [2.45, 2.75) is 24.4 Å². The van der Waals surface area contributed by atoms with Crippen molar-refractivity contribution in [1.29, 1.82) is 0 Å². The molecule has 0 aliphatic carbocycles. The van der Waals surface area contributed by atoms with Crippen LogP contribution in [0.5, 0.6) is 5.75 Å². The number of hydrogen-bond donors (Lipinski definition) is 1. The lowest BCUT2D eigenvalue weighted by Crippen LogP contribution is -2.19. The summed E-state index contributed by atoms with van der Waals surface area (Å²) in [5.74, 6) is -4.66. The number of carbonyl (C=O) groups is 1. The Morgan fingerprint density at radius 2 is 1.81 bits per heavy atom. The number of rotatable bonds is 6. The van der Waals surface area contributed by atoms with Crippen molar-refractivity contribution >= 4 is 29.0 Å². The highest BCUT2D eigenvalue weighted by Crippen LogP contribution is 2.33. The number of ether oxygens (including phenoxy) is 1. The zero-order valence-electron chi connectivity index (χ0n) is 15.2. The molecular formula is C17H11F7N2O4S. The second kappa shape index (κ2) is 8.99. The molecule has 0 aliphatic heterocycles. The maximum atomic E-state index is 14.2. The van der Waals surface area contributed by atoms with Crippen molar-refractivity contribution in [3.05, 3.63) is 57.4 Å². The van der Waals surface area contributed by atoms with Gasteiger partial charge >= 0.3 is 12.5 Å². The van der Waals surface area contributed by atoms with Crippen LogP contribution in [0.1, 0.15) is 15.9 Å². The van der Waals surface area contributed by atoms with Gasteiger partial charge in [0.2, 0.25) is 0 Å². The Morgan fingerprint density at radius 1 is 1.16 bits per heavy atom. The van der Waals surface area contributed by atoms with E-state index in [-0.39, 0.29) is 10.5 Å². The van der Waals surface area contributed by atoms with Crippen molar-refractivity contribution in [3.8, 4) is 5.75 Å². The Balaban J connectivity index is 2.37. The van der Waals surface area contributed by atoms with Crippen molar-refractivity contribution in [1.82, 2.24) is 0 Å². The quantitative estimate of drug-likeness (QED) is 0.247. The Morgan fingerprint density at radius 3 is 2.35 bits per heavy atom. The Bertz CT molecular complexity index is 1010. The van der Waals surface area contributed by atoms with Crippen LogP contribution in [-0.4, -0.2) is 29.1 Å². The fourth-order valence-electron chi connectivity index (χ4n) is 2.31. The van der Waals surface area contributed by atoms with Gasteiger partial charge in [0, 0.05) is 17.0 Å². The lowest BCUT2D eigenvalue weighted by atomic mass is 10.1. The molecule has 168 valence electrons. The van der Waals surface area contributed by atoms with Gasteiger partial charge in [-0.1, -0.05) is 0 Å². The van der Waals surface area contributed by atoms with Crippen LogP contribution in [0.25, 0.3) is 0 Å². The summed E-state index contributed by atoms with van der Waals surface area (Å²) >= 11 is 0.320. The normalized spacial score (nSPS) is 11.9. The van der Waals surface area contributed by atoms with Gasteiger partial charge in [0.1, 0.15) is 17.1 Å². The molecule has 2 aromatic carbocycles. The molecule has 0 atom stereocenters. The molecule has 0 saturated heterocycles. The summed E-state index contributed by atoms with van der Waals surface area (Å²) in [6, 6.07) is 3.37. The molecule has 2 rings (SSSR count). The highest BCUT2D eigenvalue weighted by Gasteiger charge is 2.33. The fraction of sp³-hybridized carbons (Fsp3) is 0.235. The van der Waals surface area contributed by atoms with E-state index in [2.05, 4.69) is 4.74 Å². The molecule has 0 bridgehead atoms. The number of nitro groups is 1. The monoisotopic (exact) mass is 472 g/mol. The highest BCUT2D eigenvalue weighted by molar-refractivity contribution is 7.99. The van der Waals surface area contributed by atoms with E-state index < -0.39 is 57.6 Å². The zero-order chi connectivity index (χ0) is 23.6. The molecule has 0 saturated carbocycles. The molecule has 6 nitrogen and oxygen atoms in total. The molecule has 31 heavy (non-hydrogen) atoms. The number of nitro benzene ring substituents is 1. The van der Waals surface area contributed by atoms with Gasteiger partial charge < -0.3 is 10.1 Å². The number of alkyl halides is 6. The minimum atomic E-state index is -5.14. The summed E-state index contributed by atoms with van der Waals surface area (Å²) in [5, 5.41) is 13.0. The number of halogens is 7. The van der Waals surface area contributed by atoms with E-state index in [1.807, 2.05) is 5.32 Å². The molecule has 0 heterocycles. The molecule has 0 radical (unpaired) electrons. The summed E-state index contributed by atoms with van der Waals surface area (Å²) < 4.78 is 92.3. The zero-order valence-corrected chi connectivity index (χ0v) is 16.0. The maximum absolute atomic E-state index is 14.2. The minimum Gasteiger partial charge on any atom is -0.406 e. The van der Waals surface area contributed by atoms with Crippen LogP contribution >= 0.6 is 11.8 Å². The smallest absolute Gasteiger partial charge is 0.406 e. The Kier molecular flexibility index (Phi) is 7.03. The number of nitrogens with one attached hydrogen (secondary N) is 1. The predicted octanol–water partition coefficient (Wildman–Crippen LogP) is 5.85. The number of thioether (sulfide) groups is 1. The predicted molar refractivity (Wildman–Crippen MR) is 95.6 cm³/mol. The average Bonchev–Trinajstić information content (AvgIpc) is 2.60. The average molecular weight is 472 g/mol. The number of anilines is 1. The molecular weight excluding hydrogens is 461 g/mol. The SMILES string of the molecule is Cc1cc(F)c(NC(=O)c2cc(OC(F)(F)F)ccc2[N+](=O)[O-])cc1SCC(F)(F)F. The second-order valence-electron chi connectivity index (χ2n) is 5.94. The molecule has 2 aromatic rings. The number of nitrogens with zero attached hydrogens (tertiary/aromatic N) is 1. The van der Waals surface area contributed by atoms with E-state index in [4.69, 9.17) is 0 Å². The molecule has 1 amide bonds. The summed E-state index contributed by atoms with van der Waals surface area (Å²) in [7, 11) is 0. The first-order chi connectivity index (χ1) is 14.2. The fourth-order valence-corrected chi connectivity index (χ4v) is 3.11. The molecule has 0 aromatic heterocycles. The van der Waals surface area contributed by atoms with E-state index in [0.717, 1.165) is 12.1 Å². The summed E-state index contributed by atoms with van der Waals surface area (Å²) in [5.41, 5.74) is -2.25. The van der Waals surface area contributed by atoms with E-state index >= 15 is 0 Å². The van der Waals surface area contributed by atoms with Crippen LogP contribution in [0.3, 0.4) is 0 Å². The van der Waals surface area contributed by atoms with Gasteiger partial charge in [0.25, 0.3) is 11.6 Å². The first kappa shape index (κ1) is 24.2. The Labute approximate surface area is 173 Å². The van der Waals surface area contributed by atoms with E-state index in [9.17, 15) is 45.6 Å². The summed E-state index contributed by atoms with van der Waals surface area (Å²) in [6.07, 6.45) is -9.66. The number of aryl methyl sites for hydroxylation is 1. The molecule has 0 spiro atoms. The molecule has 1 N–H and O–H groups in total. The maximum Gasteiger partial charge on any atom is 0.573 e. The Hall–Kier alpha value is -3.03. The van der Waals surface area contributed by atoms with Crippen molar-refractivity contribution in [2.24, 2.45) is 0 Å². The van der Waals surface area contributed by atoms with Crippen LogP contribution < -0.4 is 10.1 Å². The van der Waals surface area contributed by atoms with Crippen molar-refractivity contribution in [2.75, 3.05) is 11.1 Å². The van der Waals surface area contributed by atoms with Crippen LogP contribution in [0.15, 0.2) is 35.2 Å². The van der Waals surface area contributed by atoms with Gasteiger partial charge in [0.15, 0.2) is 0 Å². The third kappa shape index (κ3) is 7.01. The van der Waals surface area contributed by atoms with Gasteiger partial charge in [-0.2, -0.15) is 13.2 Å². The number of carbonyl (C=O) groups excluding carboxylic acids is 1. The van der Waals surface area contributed by atoms with Gasteiger partial charge in [-0.05, 0) is 30.7 Å². The van der Waals surface area contributed by atoms with Gasteiger partial charge in [-0.3, -0.25) is 14.9 Å². The van der Waals surface area contributed by atoms with Crippen LogP contribution in [0.2, 0.25) is 0 Å². The van der Waals surface area contributed by atoms with Crippen LogP contribution in [0.4, 0.5) is 42.1 Å². The number of hydrogen-bond acceptors (Lipinski definition) is 5. The summed E-state index contributed by atoms with van der Waals surface area (Å²) in [6.45, 7) is 1.33. The molecule has 14 heteroatoms. The highest BCUT2D eigenvalue weighted by atomic mass is 32.2. The lowest BCUT2D eigenvalue weighted by Gasteiger charge is -2.13. The standard InChI is InChI=1S/C17H11F7N2O4S/c1-8-4-11(18)12(6-14(8)31-7-16(19,20)21)25-15(27)10-5-9(30-17(22,23)24)2-3-13(10)26(28)29/h2-6H,7H2,1H3,(H,25,27). The van der Waals surface area contributed by atoms with Crippen molar-refractivity contribution in [3.63, 3.8) is 0 Å². The van der Waals surface area contributed by atoms with Gasteiger partial charge in [0.05, 0.1) is 16.4 Å². The van der Waals surface area contributed by atoms with Crippen LogP contribution in [0, 0.1) is 22.9 Å². The topological polar surface area (TPSA) is 81.5 Å². The van der Waals surface area contributed by atoms with Crippen LogP contribution in [-0.2, 0) is 0 Å². The third-order valence-electron chi connectivity index (χ3n) is 3.55. The first-order valence-electron chi connectivity index (χ1n) is 8.01. The van der Waals surface area contributed by atoms with E-state index in [1.165, 1.54) is 6.92 Å². The van der Waals surface area contributed by atoms with E-state index in [0.29, 0.717) is 30.0 Å². The van der Waals surface area contributed by atoms with Gasteiger partial charge in [-0.25, -0.2) is 4.39 Å². The van der Waals surface area contributed by atoms with E-state index in [1.54, 1.807) is 0 Å². The number of benzene rings is 2. The summed E-state index contributed by atoms with van der Waals surface area (Å²) in [4.78, 5) is 22.4. The van der Waals surface area contributed by atoms with Gasteiger partial charge in [-0.15, -0.1) is 24.9 Å². The minimum absolute atomic E-state index is 0.0299. The number of amides is 1. The molecule has 0 fully saturated rings. The first-order valence-corrected chi connectivity index (χ1v) is 9.00. The second-order valence-corrected chi connectivity index (χ2v) is 6.96. The third-order valence-corrected chi connectivity index (χ3v) is 4.77. The molecule has 0 unspecified atom stereocenters. The molecule has 0 aliphatic rings.